The molecule has 0 saturated heterocycles. The van der Waals surface area contributed by atoms with Crippen molar-refractivity contribution in [1.82, 2.24) is 5.32 Å². The number of carbonyl (C=O) groups excluding carboxylic acids is 1. The lowest BCUT2D eigenvalue weighted by atomic mass is 10.1. The lowest BCUT2D eigenvalue weighted by Crippen LogP contribution is -2.37. The van der Waals surface area contributed by atoms with Crippen LogP contribution in [0.15, 0.2) is 29.8 Å². The highest BCUT2D eigenvalue weighted by atomic mass is 16.5. The SMILES string of the molecule is CC(CO)NC(=O)C1=Cc2ccccc2OC1. The molecule has 17 heavy (non-hydrogen) atoms. The molecule has 0 saturated carbocycles. The zero-order chi connectivity index (χ0) is 12.3. The molecule has 0 radical (unpaired) electrons. The van der Waals surface area contributed by atoms with E-state index < -0.39 is 0 Å². The van der Waals surface area contributed by atoms with Crippen LogP contribution in [0.3, 0.4) is 0 Å². The maximum absolute atomic E-state index is 11.8. The molecule has 0 spiro atoms. The number of ether oxygens (including phenoxy) is 1. The second-order valence-electron chi connectivity index (χ2n) is 4.05. The largest absolute Gasteiger partial charge is 0.488 e. The summed E-state index contributed by atoms with van der Waals surface area (Å²) in [7, 11) is 0. The average molecular weight is 233 g/mol. The van der Waals surface area contributed by atoms with E-state index in [0.29, 0.717) is 5.57 Å². The minimum Gasteiger partial charge on any atom is -0.488 e. The van der Waals surface area contributed by atoms with Crippen LogP contribution in [0.2, 0.25) is 0 Å². The van der Waals surface area contributed by atoms with Crippen molar-refractivity contribution in [2.45, 2.75) is 13.0 Å². The van der Waals surface area contributed by atoms with E-state index in [1.807, 2.05) is 30.3 Å². The average Bonchev–Trinajstić information content (AvgIpc) is 2.38. The van der Waals surface area contributed by atoms with E-state index in [2.05, 4.69) is 5.32 Å². The number of para-hydroxylation sites is 1. The fraction of sp³-hybridized carbons (Fsp3) is 0.308. The molecule has 2 N–H and O–H groups in total. The van der Waals surface area contributed by atoms with E-state index in [0.717, 1.165) is 11.3 Å². The van der Waals surface area contributed by atoms with Gasteiger partial charge in [-0.25, -0.2) is 0 Å². The fourth-order valence-electron chi connectivity index (χ4n) is 1.61. The van der Waals surface area contributed by atoms with Gasteiger partial charge in [0.05, 0.1) is 12.2 Å². The Morgan fingerprint density at radius 3 is 3.06 bits per heavy atom. The summed E-state index contributed by atoms with van der Waals surface area (Å²) in [5, 5.41) is 11.6. The number of fused-ring (bicyclic) bond motifs is 1. The highest BCUT2D eigenvalue weighted by Crippen LogP contribution is 2.25. The van der Waals surface area contributed by atoms with E-state index in [4.69, 9.17) is 9.84 Å². The molecule has 1 aliphatic rings. The van der Waals surface area contributed by atoms with E-state index in [1.165, 1.54) is 0 Å². The van der Waals surface area contributed by atoms with Gasteiger partial charge in [0.2, 0.25) is 0 Å². The van der Waals surface area contributed by atoms with Crippen LogP contribution < -0.4 is 10.1 Å². The summed E-state index contributed by atoms with van der Waals surface area (Å²) >= 11 is 0. The van der Waals surface area contributed by atoms with Gasteiger partial charge in [0.15, 0.2) is 0 Å². The molecule has 0 aliphatic carbocycles. The quantitative estimate of drug-likeness (QED) is 0.817. The molecule has 4 heteroatoms. The first-order chi connectivity index (χ1) is 8.20. The van der Waals surface area contributed by atoms with E-state index in [9.17, 15) is 4.79 Å². The summed E-state index contributed by atoms with van der Waals surface area (Å²) in [5.41, 5.74) is 1.48. The summed E-state index contributed by atoms with van der Waals surface area (Å²) < 4.78 is 5.48. The molecule has 1 amide bonds. The van der Waals surface area contributed by atoms with Crippen LogP contribution in [-0.4, -0.2) is 30.3 Å². The third kappa shape index (κ3) is 2.65. The Hall–Kier alpha value is -1.81. The first-order valence-corrected chi connectivity index (χ1v) is 5.55. The Bertz CT molecular complexity index is 454. The van der Waals surface area contributed by atoms with Gasteiger partial charge in [0.25, 0.3) is 5.91 Å². The molecule has 0 bridgehead atoms. The lowest BCUT2D eigenvalue weighted by Gasteiger charge is -2.18. The predicted octanol–water partition coefficient (Wildman–Crippen LogP) is 0.959. The van der Waals surface area contributed by atoms with Crippen LogP contribution >= 0.6 is 0 Å². The third-order valence-electron chi connectivity index (χ3n) is 2.57. The normalized spacial score (nSPS) is 15.3. The molecule has 0 aromatic heterocycles. The molecule has 1 aromatic rings. The van der Waals surface area contributed by atoms with Crippen LogP contribution in [0.25, 0.3) is 6.08 Å². The molecular weight excluding hydrogens is 218 g/mol. The van der Waals surface area contributed by atoms with Crippen molar-refractivity contribution in [2.24, 2.45) is 0 Å². The Labute approximate surface area is 99.9 Å². The smallest absolute Gasteiger partial charge is 0.250 e. The second-order valence-corrected chi connectivity index (χ2v) is 4.05. The van der Waals surface area contributed by atoms with Crippen molar-refractivity contribution in [1.29, 1.82) is 0 Å². The van der Waals surface area contributed by atoms with Crippen molar-refractivity contribution in [2.75, 3.05) is 13.2 Å². The first kappa shape index (κ1) is 11.7. The summed E-state index contributed by atoms with van der Waals surface area (Å²) in [6, 6.07) is 7.32. The monoisotopic (exact) mass is 233 g/mol. The number of nitrogens with one attached hydrogen (secondary N) is 1. The number of rotatable bonds is 3. The molecule has 2 rings (SSSR count). The number of aliphatic hydroxyl groups is 1. The van der Waals surface area contributed by atoms with Crippen LogP contribution in [0, 0.1) is 0 Å². The van der Waals surface area contributed by atoms with Gasteiger partial charge >= 0.3 is 0 Å². The van der Waals surface area contributed by atoms with Gasteiger partial charge in [0.1, 0.15) is 12.4 Å². The van der Waals surface area contributed by atoms with Crippen molar-refractivity contribution < 1.29 is 14.6 Å². The van der Waals surface area contributed by atoms with Gasteiger partial charge < -0.3 is 15.2 Å². The molecule has 1 aromatic carbocycles. The van der Waals surface area contributed by atoms with Gasteiger partial charge in [-0.2, -0.15) is 0 Å². The van der Waals surface area contributed by atoms with E-state index >= 15 is 0 Å². The Morgan fingerprint density at radius 2 is 2.29 bits per heavy atom. The van der Waals surface area contributed by atoms with Gasteiger partial charge in [-0.05, 0) is 19.1 Å². The second kappa shape index (κ2) is 5.01. The lowest BCUT2D eigenvalue weighted by molar-refractivity contribution is -0.118. The molecule has 1 unspecified atom stereocenters. The van der Waals surface area contributed by atoms with Crippen LogP contribution in [0.4, 0.5) is 0 Å². The summed E-state index contributed by atoms with van der Waals surface area (Å²) in [4.78, 5) is 11.8. The molecule has 90 valence electrons. The summed E-state index contributed by atoms with van der Waals surface area (Å²) in [5.74, 6) is 0.598. The van der Waals surface area contributed by atoms with E-state index in [-0.39, 0.29) is 25.2 Å². The van der Waals surface area contributed by atoms with Crippen molar-refractivity contribution in [3.05, 3.63) is 35.4 Å². The number of benzene rings is 1. The van der Waals surface area contributed by atoms with Gasteiger partial charge in [0, 0.05) is 11.6 Å². The number of carbonyl (C=O) groups is 1. The van der Waals surface area contributed by atoms with E-state index in [1.54, 1.807) is 6.92 Å². The van der Waals surface area contributed by atoms with Crippen LogP contribution in [-0.2, 0) is 4.79 Å². The topological polar surface area (TPSA) is 58.6 Å². The first-order valence-electron chi connectivity index (χ1n) is 5.55. The highest BCUT2D eigenvalue weighted by molar-refractivity contribution is 5.99. The molecule has 4 nitrogen and oxygen atoms in total. The van der Waals surface area contributed by atoms with Crippen molar-refractivity contribution in [3.63, 3.8) is 0 Å². The van der Waals surface area contributed by atoms with Crippen molar-refractivity contribution in [3.8, 4) is 5.75 Å². The zero-order valence-electron chi connectivity index (χ0n) is 9.64. The maximum atomic E-state index is 11.8. The maximum Gasteiger partial charge on any atom is 0.250 e. The van der Waals surface area contributed by atoms with Crippen LogP contribution in [0.1, 0.15) is 12.5 Å². The predicted molar refractivity (Wildman–Crippen MR) is 64.6 cm³/mol. The molecule has 0 fully saturated rings. The third-order valence-corrected chi connectivity index (χ3v) is 2.57. The molecule has 1 atom stereocenters. The molecular formula is C13H15NO3. The van der Waals surface area contributed by atoms with Crippen LogP contribution in [0.5, 0.6) is 5.75 Å². The Kier molecular flexibility index (Phi) is 3.44. The number of amides is 1. The zero-order valence-corrected chi connectivity index (χ0v) is 9.64. The van der Waals surface area contributed by atoms with Gasteiger partial charge in [-0.3, -0.25) is 4.79 Å². The number of aliphatic hydroxyl groups excluding tert-OH is 1. The highest BCUT2D eigenvalue weighted by Gasteiger charge is 2.17. The van der Waals surface area contributed by atoms with Gasteiger partial charge in [-0.15, -0.1) is 0 Å². The summed E-state index contributed by atoms with van der Waals surface area (Å²) in [6.07, 6.45) is 1.82. The number of hydrogen-bond donors (Lipinski definition) is 2. The standard InChI is InChI=1S/C13H15NO3/c1-9(7-15)14-13(16)11-6-10-4-2-3-5-12(10)17-8-11/h2-6,9,15H,7-8H2,1H3,(H,14,16). The minimum atomic E-state index is -0.249. The van der Waals surface area contributed by atoms with Gasteiger partial charge in [-0.1, -0.05) is 18.2 Å². The molecule has 1 heterocycles. The molecule has 1 aliphatic heterocycles. The Morgan fingerprint density at radius 1 is 1.53 bits per heavy atom. The fourth-order valence-corrected chi connectivity index (χ4v) is 1.61. The Balaban J connectivity index is 2.14. The van der Waals surface area contributed by atoms with Crippen molar-refractivity contribution >= 4 is 12.0 Å². The minimum absolute atomic E-state index is 0.0730. The summed E-state index contributed by atoms with van der Waals surface area (Å²) in [6.45, 7) is 1.94. The number of hydrogen-bond acceptors (Lipinski definition) is 3.